The average molecular weight is 474 g/mol. The molecule has 0 saturated carbocycles. The molecule has 0 atom stereocenters. The highest BCUT2D eigenvalue weighted by molar-refractivity contribution is 5.96. The third kappa shape index (κ3) is 4.64. The SMILES string of the molecule is CC(C)n1c(=O)oc2cc(CC(=O)C3CCN(C(=O)c4ccccc4C(F)(F)F)CC3)ccc21. The fraction of sp³-hybridized carbons (Fsp3) is 0.400. The number of amides is 1. The van der Waals surface area contributed by atoms with Crippen LogP contribution in [-0.2, 0) is 17.4 Å². The molecule has 3 aromatic rings. The van der Waals surface area contributed by atoms with Gasteiger partial charge >= 0.3 is 11.9 Å². The molecule has 1 aliphatic heterocycles. The zero-order valence-corrected chi connectivity index (χ0v) is 18.9. The summed E-state index contributed by atoms with van der Waals surface area (Å²) in [4.78, 5) is 39.0. The number of Topliss-reactive ketones (excluding diaryl/α,β-unsaturated/α-hetero) is 1. The summed E-state index contributed by atoms with van der Waals surface area (Å²) in [6.07, 6.45) is -3.68. The number of oxazole rings is 1. The predicted molar refractivity (Wildman–Crippen MR) is 120 cm³/mol. The highest BCUT2D eigenvalue weighted by atomic mass is 19.4. The zero-order chi connectivity index (χ0) is 24.6. The third-order valence-electron chi connectivity index (χ3n) is 6.27. The molecule has 1 aliphatic rings. The van der Waals surface area contributed by atoms with Crippen molar-refractivity contribution in [2.75, 3.05) is 13.1 Å². The van der Waals surface area contributed by atoms with Crippen LogP contribution in [0.25, 0.3) is 11.1 Å². The molecule has 0 radical (unpaired) electrons. The molecular weight excluding hydrogens is 449 g/mol. The van der Waals surface area contributed by atoms with E-state index in [0.29, 0.717) is 23.9 Å². The first-order valence-corrected chi connectivity index (χ1v) is 11.2. The highest BCUT2D eigenvalue weighted by Gasteiger charge is 2.37. The number of carbonyl (C=O) groups is 2. The van der Waals surface area contributed by atoms with E-state index in [9.17, 15) is 27.6 Å². The van der Waals surface area contributed by atoms with Gasteiger partial charge < -0.3 is 9.32 Å². The van der Waals surface area contributed by atoms with Gasteiger partial charge in [0.1, 0.15) is 5.78 Å². The van der Waals surface area contributed by atoms with Crippen molar-refractivity contribution < 1.29 is 27.2 Å². The number of piperidine rings is 1. The lowest BCUT2D eigenvalue weighted by atomic mass is 9.89. The van der Waals surface area contributed by atoms with Gasteiger partial charge in [-0.3, -0.25) is 14.2 Å². The van der Waals surface area contributed by atoms with Gasteiger partial charge in [-0.15, -0.1) is 0 Å². The van der Waals surface area contributed by atoms with Crippen molar-refractivity contribution >= 4 is 22.8 Å². The number of likely N-dealkylation sites (tertiary alicyclic amines) is 1. The minimum absolute atomic E-state index is 0.00669. The monoisotopic (exact) mass is 474 g/mol. The maximum Gasteiger partial charge on any atom is 0.420 e. The van der Waals surface area contributed by atoms with Crippen LogP contribution < -0.4 is 5.76 Å². The molecule has 0 aliphatic carbocycles. The maximum absolute atomic E-state index is 13.3. The van der Waals surface area contributed by atoms with Gasteiger partial charge in [0.2, 0.25) is 0 Å². The summed E-state index contributed by atoms with van der Waals surface area (Å²) in [7, 11) is 0. The van der Waals surface area contributed by atoms with Crippen LogP contribution in [0.15, 0.2) is 51.7 Å². The Morgan fingerprint density at radius 2 is 1.76 bits per heavy atom. The number of aromatic nitrogens is 1. The smallest absolute Gasteiger partial charge is 0.408 e. The van der Waals surface area contributed by atoms with Crippen molar-refractivity contribution in [3.05, 3.63) is 69.7 Å². The van der Waals surface area contributed by atoms with Crippen LogP contribution in [0.4, 0.5) is 13.2 Å². The summed E-state index contributed by atoms with van der Waals surface area (Å²) >= 11 is 0. The summed E-state index contributed by atoms with van der Waals surface area (Å²) in [6, 6.07) is 9.94. The molecule has 9 heteroatoms. The van der Waals surface area contributed by atoms with Crippen LogP contribution in [0.5, 0.6) is 0 Å². The highest BCUT2D eigenvalue weighted by Crippen LogP contribution is 2.33. The molecular formula is C25H25F3N2O4. The Labute approximate surface area is 194 Å². The van der Waals surface area contributed by atoms with E-state index in [1.807, 2.05) is 13.8 Å². The zero-order valence-electron chi connectivity index (χ0n) is 18.9. The second-order valence-electron chi connectivity index (χ2n) is 8.89. The van der Waals surface area contributed by atoms with Gasteiger partial charge in [-0.25, -0.2) is 4.79 Å². The van der Waals surface area contributed by atoms with E-state index in [2.05, 4.69) is 0 Å². The fourth-order valence-corrected chi connectivity index (χ4v) is 4.52. The number of ketones is 1. The lowest BCUT2D eigenvalue weighted by Gasteiger charge is -2.32. The summed E-state index contributed by atoms with van der Waals surface area (Å²) in [5.41, 5.74) is 0.490. The van der Waals surface area contributed by atoms with Crippen molar-refractivity contribution in [1.82, 2.24) is 9.47 Å². The van der Waals surface area contributed by atoms with E-state index in [1.54, 1.807) is 22.8 Å². The van der Waals surface area contributed by atoms with Crippen LogP contribution in [-0.4, -0.2) is 34.2 Å². The standard InChI is InChI=1S/C25H25F3N2O4/c1-15(2)30-20-8-7-16(14-22(20)34-24(30)33)13-21(31)17-9-11-29(12-10-17)23(32)18-5-3-4-6-19(18)25(26,27)28/h3-8,14-15,17H,9-13H2,1-2H3. The van der Waals surface area contributed by atoms with Crippen LogP contribution in [0.1, 0.15) is 54.2 Å². The topological polar surface area (TPSA) is 72.5 Å². The van der Waals surface area contributed by atoms with Gasteiger partial charge in [0, 0.05) is 31.5 Å². The molecule has 2 aromatic carbocycles. The largest absolute Gasteiger partial charge is 0.420 e. The van der Waals surface area contributed by atoms with Crippen molar-refractivity contribution in [1.29, 1.82) is 0 Å². The van der Waals surface area contributed by atoms with Gasteiger partial charge in [-0.1, -0.05) is 18.2 Å². The molecule has 0 N–H and O–H groups in total. The number of carbonyl (C=O) groups excluding carboxylic acids is 2. The van der Waals surface area contributed by atoms with Crippen molar-refractivity contribution in [2.24, 2.45) is 5.92 Å². The van der Waals surface area contributed by atoms with Crippen LogP contribution >= 0.6 is 0 Å². The first kappa shape index (κ1) is 23.8. The molecule has 1 amide bonds. The van der Waals surface area contributed by atoms with Crippen molar-refractivity contribution in [3.8, 4) is 0 Å². The molecule has 0 spiro atoms. The lowest BCUT2D eigenvalue weighted by Crippen LogP contribution is -2.41. The van der Waals surface area contributed by atoms with E-state index in [0.717, 1.165) is 11.6 Å². The van der Waals surface area contributed by atoms with E-state index in [1.165, 1.54) is 23.1 Å². The molecule has 6 nitrogen and oxygen atoms in total. The molecule has 34 heavy (non-hydrogen) atoms. The molecule has 180 valence electrons. The quantitative estimate of drug-likeness (QED) is 0.530. The number of nitrogens with zero attached hydrogens (tertiary/aromatic N) is 2. The van der Waals surface area contributed by atoms with Gasteiger partial charge in [-0.05, 0) is 56.5 Å². The van der Waals surface area contributed by atoms with Crippen LogP contribution in [0.2, 0.25) is 0 Å². The molecule has 1 aromatic heterocycles. The Bertz CT molecular complexity index is 1280. The third-order valence-corrected chi connectivity index (χ3v) is 6.27. The predicted octanol–water partition coefficient (Wildman–Crippen LogP) is 4.86. The van der Waals surface area contributed by atoms with E-state index < -0.39 is 23.4 Å². The summed E-state index contributed by atoms with van der Waals surface area (Å²) in [5, 5.41) is 0. The number of alkyl halides is 3. The minimum atomic E-state index is -4.61. The molecule has 4 rings (SSSR count). The lowest BCUT2D eigenvalue weighted by molar-refractivity contribution is -0.138. The molecule has 1 saturated heterocycles. The van der Waals surface area contributed by atoms with E-state index >= 15 is 0 Å². The first-order valence-electron chi connectivity index (χ1n) is 11.2. The van der Waals surface area contributed by atoms with Crippen molar-refractivity contribution in [3.63, 3.8) is 0 Å². The van der Waals surface area contributed by atoms with Crippen LogP contribution in [0.3, 0.4) is 0 Å². The average Bonchev–Trinajstić information content (AvgIpc) is 3.13. The number of rotatable bonds is 5. The Balaban J connectivity index is 1.41. The number of halogens is 3. The maximum atomic E-state index is 13.3. The van der Waals surface area contributed by atoms with E-state index in [-0.39, 0.29) is 42.8 Å². The van der Waals surface area contributed by atoms with Gasteiger partial charge in [0.25, 0.3) is 5.91 Å². The fourth-order valence-electron chi connectivity index (χ4n) is 4.52. The van der Waals surface area contributed by atoms with E-state index in [4.69, 9.17) is 4.42 Å². The van der Waals surface area contributed by atoms with Crippen LogP contribution in [0, 0.1) is 5.92 Å². The second kappa shape index (κ2) is 9.12. The normalized spacial score (nSPS) is 15.3. The van der Waals surface area contributed by atoms with Crippen molar-refractivity contribution in [2.45, 2.75) is 45.3 Å². The van der Waals surface area contributed by atoms with Gasteiger partial charge in [-0.2, -0.15) is 13.2 Å². The first-order chi connectivity index (χ1) is 16.1. The molecule has 2 heterocycles. The summed E-state index contributed by atoms with van der Waals surface area (Å²) < 4.78 is 46.7. The summed E-state index contributed by atoms with van der Waals surface area (Å²) in [5.74, 6) is -1.41. The second-order valence-corrected chi connectivity index (χ2v) is 8.89. The Morgan fingerprint density at radius 3 is 2.41 bits per heavy atom. The van der Waals surface area contributed by atoms with Gasteiger partial charge in [0.05, 0.1) is 16.6 Å². The Kier molecular flexibility index (Phi) is 6.38. The Morgan fingerprint density at radius 1 is 1.09 bits per heavy atom. The number of hydrogen-bond acceptors (Lipinski definition) is 4. The summed E-state index contributed by atoms with van der Waals surface area (Å²) in [6.45, 7) is 4.19. The number of benzene rings is 2. The number of hydrogen-bond donors (Lipinski definition) is 0. The molecule has 0 unspecified atom stereocenters. The van der Waals surface area contributed by atoms with Gasteiger partial charge in [0.15, 0.2) is 5.58 Å². The Hall–Kier alpha value is -3.36. The number of fused-ring (bicyclic) bond motifs is 1. The minimum Gasteiger partial charge on any atom is -0.408 e. The molecule has 0 bridgehead atoms. The molecule has 1 fully saturated rings.